The van der Waals surface area contributed by atoms with E-state index in [-0.39, 0.29) is 0 Å². The van der Waals surface area contributed by atoms with Gasteiger partial charge in [0.25, 0.3) is 0 Å². The van der Waals surface area contributed by atoms with Gasteiger partial charge in [-0.25, -0.2) is 0 Å². The number of likely N-dealkylation sites (N-methyl/N-ethyl adjacent to an activating group) is 1. The van der Waals surface area contributed by atoms with E-state index in [2.05, 4.69) is 10.3 Å². The molecule has 0 saturated heterocycles. The van der Waals surface area contributed by atoms with Crippen LogP contribution in [0.2, 0.25) is 0 Å². The Morgan fingerprint density at radius 3 is 3.00 bits per heavy atom. The van der Waals surface area contributed by atoms with Crippen molar-refractivity contribution in [3.05, 3.63) is 12.3 Å². The third kappa shape index (κ3) is 2.35. The zero-order chi connectivity index (χ0) is 8.10. The zero-order valence-electron chi connectivity index (χ0n) is 6.88. The van der Waals surface area contributed by atoms with Crippen molar-refractivity contribution in [2.24, 2.45) is 10.7 Å². The molecule has 0 aromatic carbocycles. The normalized spacial score (nSPS) is 25.5. The van der Waals surface area contributed by atoms with E-state index in [1.165, 1.54) is 6.42 Å². The maximum Gasteiger partial charge on any atom is 0.0546 e. The van der Waals surface area contributed by atoms with Crippen LogP contribution >= 0.6 is 0 Å². The molecule has 1 unspecified atom stereocenters. The minimum Gasteiger partial charge on any atom is -0.405 e. The van der Waals surface area contributed by atoms with E-state index in [4.69, 9.17) is 5.73 Å². The van der Waals surface area contributed by atoms with Gasteiger partial charge in [0, 0.05) is 11.8 Å². The summed E-state index contributed by atoms with van der Waals surface area (Å²) in [6, 6.07) is 0.560. The minimum absolute atomic E-state index is 0.560. The molecule has 1 aliphatic rings. The van der Waals surface area contributed by atoms with Crippen LogP contribution < -0.4 is 11.1 Å². The van der Waals surface area contributed by atoms with Gasteiger partial charge in [-0.3, -0.25) is 4.99 Å². The molecule has 3 nitrogen and oxygen atoms in total. The van der Waals surface area contributed by atoms with Crippen LogP contribution in [0.15, 0.2) is 17.3 Å². The predicted octanol–water partition coefficient (Wildman–Crippen LogP) is 0.282. The van der Waals surface area contributed by atoms with Crippen LogP contribution in [0, 0.1) is 0 Å². The van der Waals surface area contributed by atoms with Gasteiger partial charge in [0.05, 0.1) is 6.54 Å². The SMILES string of the molecule is CNC1CCC(C=CN)=NC1. The highest BCUT2D eigenvalue weighted by molar-refractivity contribution is 5.95. The third-order valence-electron chi connectivity index (χ3n) is 1.96. The molecule has 3 N–H and O–H groups in total. The van der Waals surface area contributed by atoms with Crippen molar-refractivity contribution in [3.8, 4) is 0 Å². The lowest BCUT2D eigenvalue weighted by molar-refractivity contribution is 0.527. The first-order valence-corrected chi connectivity index (χ1v) is 3.95. The van der Waals surface area contributed by atoms with Crippen LogP contribution in [-0.2, 0) is 0 Å². The molecule has 0 aliphatic carbocycles. The topological polar surface area (TPSA) is 50.4 Å². The van der Waals surface area contributed by atoms with E-state index in [1.807, 2.05) is 13.1 Å². The second-order valence-corrected chi connectivity index (χ2v) is 2.72. The van der Waals surface area contributed by atoms with Crippen molar-refractivity contribution in [1.29, 1.82) is 0 Å². The Hall–Kier alpha value is -0.830. The van der Waals surface area contributed by atoms with Gasteiger partial charge in [-0.05, 0) is 32.2 Å². The van der Waals surface area contributed by atoms with Crippen molar-refractivity contribution in [2.45, 2.75) is 18.9 Å². The van der Waals surface area contributed by atoms with E-state index in [9.17, 15) is 0 Å². The highest BCUT2D eigenvalue weighted by Gasteiger charge is 2.11. The van der Waals surface area contributed by atoms with Crippen molar-refractivity contribution in [2.75, 3.05) is 13.6 Å². The van der Waals surface area contributed by atoms with Crippen LogP contribution in [-0.4, -0.2) is 25.3 Å². The smallest absolute Gasteiger partial charge is 0.0546 e. The van der Waals surface area contributed by atoms with Gasteiger partial charge in [-0.2, -0.15) is 0 Å². The Labute approximate surface area is 67.4 Å². The van der Waals surface area contributed by atoms with E-state index in [1.54, 1.807) is 6.20 Å². The molecule has 1 aliphatic heterocycles. The first-order valence-electron chi connectivity index (χ1n) is 3.95. The largest absolute Gasteiger partial charge is 0.405 e. The Morgan fingerprint density at radius 2 is 2.55 bits per heavy atom. The van der Waals surface area contributed by atoms with Crippen LogP contribution in [0.1, 0.15) is 12.8 Å². The fraction of sp³-hybridized carbons (Fsp3) is 0.625. The number of aliphatic imine (C=N–C) groups is 1. The van der Waals surface area contributed by atoms with Gasteiger partial charge in [-0.15, -0.1) is 0 Å². The molecule has 11 heavy (non-hydrogen) atoms. The van der Waals surface area contributed by atoms with Gasteiger partial charge in [0.2, 0.25) is 0 Å². The van der Waals surface area contributed by atoms with Crippen LogP contribution in [0.25, 0.3) is 0 Å². The molecule has 0 aromatic heterocycles. The van der Waals surface area contributed by atoms with Crippen molar-refractivity contribution >= 4 is 5.71 Å². The van der Waals surface area contributed by atoms with Crippen LogP contribution in [0.4, 0.5) is 0 Å². The number of nitrogens with two attached hydrogens (primary N) is 1. The fourth-order valence-corrected chi connectivity index (χ4v) is 1.20. The molecule has 0 radical (unpaired) electrons. The molecule has 0 fully saturated rings. The lowest BCUT2D eigenvalue weighted by atomic mass is 10.1. The first kappa shape index (κ1) is 8.27. The molecule has 1 atom stereocenters. The van der Waals surface area contributed by atoms with Gasteiger partial charge >= 0.3 is 0 Å². The monoisotopic (exact) mass is 153 g/mol. The molecular weight excluding hydrogens is 138 g/mol. The molecule has 0 bridgehead atoms. The molecule has 1 rings (SSSR count). The molecule has 0 saturated carbocycles. The summed E-state index contributed by atoms with van der Waals surface area (Å²) in [5.74, 6) is 0. The average molecular weight is 153 g/mol. The fourth-order valence-electron chi connectivity index (χ4n) is 1.20. The number of nitrogens with one attached hydrogen (secondary N) is 1. The standard InChI is InChI=1S/C8H15N3/c1-10-8-3-2-7(4-5-9)11-6-8/h4-5,8,10H,2-3,6,9H2,1H3. The Morgan fingerprint density at radius 1 is 1.73 bits per heavy atom. The average Bonchev–Trinajstić information content (AvgIpc) is 2.07. The molecular formula is C8H15N3. The summed E-state index contributed by atoms with van der Waals surface area (Å²) >= 11 is 0. The minimum atomic E-state index is 0.560. The number of rotatable bonds is 2. The van der Waals surface area contributed by atoms with E-state index in [0.717, 1.165) is 18.7 Å². The Bertz CT molecular complexity index is 172. The number of hydrogen-bond donors (Lipinski definition) is 2. The third-order valence-corrected chi connectivity index (χ3v) is 1.96. The summed E-state index contributed by atoms with van der Waals surface area (Å²) in [6.45, 7) is 0.885. The molecule has 62 valence electrons. The zero-order valence-corrected chi connectivity index (χ0v) is 6.88. The second kappa shape index (κ2) is 4.13. The van der Waals surface area contributed by atoms with Gasteiger partial charge in [0.1, 0.15) is 0 Å². The molecule has 3 heteroatoms. The summed E-state index contributed by atoms with van der Waals surface area (Å²) < 4.78 is 0. The number of allylic oxidation sites excluding steroid dienone is 1. The van der Waals surface area contributed by atoms with E-state index in [0.29, 0.717) is 6.04 Å². The summed E-state index contributed by atoms with van der Waals surface area (Å²) in [4.78, 5) is 4.36. The second-order valence-electron chi connectivity index (χ2n) is 2.72. The Kier molecular flexibility index (Phi) is 3.11. The summed E-state index contributed by atoms with van der Waals surface area (Å²) in [5, 5.41) is 3.20. The van der Waals surface area contributed by atoms with E-state index < -0.39 is 0 Å². The maximum atomic E-state index is 5.25. The van der Waals surface area contributed by atoms with Crippen LogP contribution in [0.3, 0.4) is 0 Å². The summed E-state index contributed by atoms with van der Waals surface area (Å²) in [7, 11) is 1.98. The van der Waals surface area contributed by atoms with Gasteiger partial charge < -0.3 is 11.1 Å². The molecule has 0 spiro atoms. The highest BCUT2D eigenvalue weighted by Crippen LogP contribution is 2.07. The maximum absolute atomic E-state index is 5.25. The predicted molar refractivity (Wildman–Crippen MR) is 47.7 cm³/mol. The highest BCUT2D eigenvalue weighted by atomic mass is 14.9. The first-order chi connectivity index (χ1) is 5.36. The molecule has 0 aromatic rings. The summed E-state index contributed by atoms with van der Waals surface area (Å²) in [6.07, 6.45) is 5.64. The summed E-state index contributed by atoms with van der Waals surface area (Å²) in [5.41, 5.74) is 6.37. The number of hydrogen-bond acceptors (Lipinski definition) is 3. The van der Waals surface area contributed by atoms with Crippen molar-refractivity contribution in [1.82, 2.24) is 5.32 Å². The van der Waals surface area contributed by atoms with Crippen molar-refractivity contribution in [3.63, 3.8) is 0 Å². The van der Waals surface area contributed by atoms with E-state index >= 15 is 0 Å². The Balaban J connectivity index is 2.43. The lowest BCUT2D eigenvalue weighted by Gasteiger charge is -2.18. The quantitative estimate of drug-likeness (QED) is 0.598. The lowest BCUT2D eigenvalue weighted by Crippen LogP contribution is -2.31. The molecule has 0 amide bonds. The van der Waals surface area contributed by atoms with Gasteiger partial charge in [0.15, 0.2) is 0 Å². The van der Waals surface area contributed by atoms with Crippen LogP contribution in [0.5, 0.6) is 0 Å². The molecule has 1 heterocycles. The number of nitrogens with zero attached hydrogens (tertiary/aromatic N) is 1. The van der Waals surface area contributed by atoms with Gasteiger partial charge in [-0.1, -0.05) is 0 Å². The van der Waals surface area contributed by atoms with Crippen molar-refractivity contribution < 1.29 is 0 Å².